The van der Waals surface area contributed by atoms with Crippen LogP contribution in [0.2, 0.25) is 0 Å². The first-order valence-corrected chi connectivity index (χ1v) is 8.38. The molecule has 1 N–H and O–H groups in total. The second-order valence-corrected chi connectivity index (χ2v) is 8.89. The Hall–Kier alpha value is -1.21. The van der Waals surface area contributed by atoms with Gasteiger partial charge in [-0.2, -0.15) is 0 Å². The fourth-order valence-electron chi connectivity index (χ4n) is 2.07. The van der Waals surface area contributed by atoms with E-state index in [-0.39, 0.29) is 17.9 Å². The number of rotatable bonds is 3. The first-order chi connectivity index (χ1) is 9.22. The van der Waals surface area contributed by atoms with Gasteiger partial charge in [-0.05, 0) is 33.7 Å². The number of aryl methyl sites for hydroxylation is 1. The van der Waals surface area contributed by atoms with E-state index < -0.39 is 14.6 Å². The second-order valence-electron chi connectivity index (χ2n) is 6.03. The Morgan fingerprint density at radius 2 is 2.10 bits per heavy atom. The van der Waals surface area contributed by atoms with Crippen LogP contribution in [0.15, 0.2) is 11.1 Å². The summed E-state index contributed by atoms with van der Waals surface area (Å²) < 4.78 is 24.8. The molecule has 0 saturated carbocycles. The number of nitrogens with zero attached hydrogens (tertiary/aromatic N) is 2. The summed E-state index contributed by atoms with van der Waals surface area (Å²) in [5.41, 5.74) is 1.37. The van der Waals surface area contributed by atoms with Crippen molar-refractivity contribution < 1.29 is 8.42 Å². The number of sulfone groups is 1. The summed E-state index contributed by atoms with van der Waals surface area (Å²) in [5.74, 6) is -0.0465. The predicted molar refractivity (Wildman–Crippen MR) is 77.4 cm³/mol. The summed E-state index contributed by atoms with van der Waals surface area (Å²) in [6.07, 6.45) is 2.10. The molecule has 1 aliphatic rings. The molecule has 0 bridgehead atoms. The van der Waals surface area contributed by atoms with Gasteiger partial charge in [0.15, 0.2) is 9.84 Å². The molecule has 1 aliphatic heterocycles. The van der Waals surface area contributed by atoms with E-state index in [9.17, 15) is 13.2 Å². The maximum absolute atomic E-state index is 12.3. The van der Waals surface area contributed by atoms with Crippen molar-refractivity contribution in [2.75, 3.05) is 12.3 Å². The lowest BCUT2D eigenvalue weighted by Gasteiger charge is -2.20. The summed E-state index contributed by atoms with van der Waals surface area (Å²) in [4.78, 5) is 16.5. The van der Waals surface area contributed by atoms with Crippen LogP contribution in [-0.2, 0) is 29.3 Å². The van der Waals surface area contributed by atoms with Gasteiger partial charge in [-0.15, -0.1) is 0 Å². The Morgan fingerprint density at radius 1 is 1.40 bits per heavy atom. The predicted octanol–water partition coefficient (Wildman–Crippen LogP) is 0.102. The fraction of sp³-hybridized carbons (Fsp3) is 0.692. The first-order valence-electron chi connectivity index (χ1n) is 6.72. The SMILES string of the molecule is CC(C)(C)S(=O)(=O)CCn1cnc2c(c1=O)CCNC2. The average Bonchev–Trinajstić information content (AvgIpc) is 2.37. The summed E-state index contributed by atoms with van der Waals surface area (Å²) in [7, 11) is -3.23. The van der Waals surface area contributed by atoms with Crippen LogP contribution >= 0.6 is 0 Å². The zero-order valence-corrected chi connectivity index (χ0v) is 13.0. The van der Waals surface area contributed by atoms with Gasteiger partial charge in [-0.25, -0.2) is 13.4 Å². The zero-order valence-electron chi connectivity index (χ0n) is 12.1. The van der Waals surface area contributed by atoms with Crippen molar-refractivity contribution in [3.05, 3.63) is 27.9 Å². The van der Waals surface area contributed by atoms with Crippen molar-refractivity contribution >= 4 is 9.84 Å². The Morgan fingerprint density at radius 3 is 2.75 bits per heavy atom. The van der Waals surface area contributed by atoms with Gasteiger partial charge in [-0.1, -0.05) is 0 Å². The molecule has 0 aliphatic carbocycles. The van der Waals surface area contributed by atoms with Crippen molar-refractivity contribution in [3.8, 4) is 0 Å². The number of nitrogens with one attached hydrogen (secondary N) is 1. The third-order valence-corrected chi connectivity index (χ3v) is 6.18. The van der Waals surface area contributed by atoms with E-state index in [0.717, 1.165) is 12.2 Å². The molecule has 0 saturated heterocycles. The van der Waals surface area contributed by atoms with E-state index in [0.29, 0.717) is 18.5 Å². The highest BCUT2D eigenvalue weighted by Crippen LogP contribution is 2.16. The maximum atomic E-state index is 12.3. The number of hydrogen-bond donors (Lipinski definition) is 1. The van der Waals surface area contributed by atoms with Crippen molar-refractivity contribution in [2.45, 2.75) is 45.0 Å². The lowest BCUT2D eigenvalue weighted by Crippen LogP contribution is -2.37. The van der Waals surface area contributed by atoms with Gasteiger partial charge in [0.25, 0.3) is 5.56 Å². The van der Waals surface area contributed by atoms with Crippen LogP contribution in [-0.4, -0.2) is 35.0 Å². The standard InChI is InChI=1S/C13H21N3O3S/c1-13(2,3)20(18,19)7-6-16-9-15-11-8-14-5-4-10(11)12(16)17/h9,14H,4-8H2,1-3H3. The van der Waals surface area contributed by atoms with Crippen LogP contribution in [0.4, 0.5) is 0 Å². The molecule has 0 radical (unpaired) electrons. The largest absolute Gasteiger partial charge is 0.311 e. The molecule has 7 heteroatoms. The van der Waals surface area contributed by atoms with Crippen molar-refractivity contribution in [2.24, 2.45) is 0 Å². The zero-order chi connectivity index (χ0) is 15.0. The quantitative estimate of drug-likeness (QED) is 0.856. The number of aromatic nitrogens is 2. The van der Waals surface area contributed by atoms with Crippen LogP contribution in [0.1, 0.15) is 32.0 Å². The minimum atomic E-state index is -3.23. The van der Waals surface area contributed by atoms with Gasteiger partial charge < -0.3 is 5.32 Å². The van der Waals surface area contributed by atoms with Gasteiger partial charge in [0.1, 0.15) is 0 Å². The van der Waals surface area contributed by atoms with E-state index >= 15 is 0 Å². The highest BCUT2D eigenvalue weighted by molar-refractivity contribution is 7.92. The molecule has 1 aromatic rings. The third-order valence-electron chi connectivity index (χ3n) is 3.60. The Balaban J connectivity index is 2.22. The minimum Gasteiger partial charge on any atom is -0.311 e. The maximum Gasteiger partial charge on any atom is 0.256 e. The molecule has 6 nitrogen and oxygen atoms in total. The minimum absolute atomic E-state index is 0.0465. The van der Waals surface area contributed by atoms with Gasteiger partial charge in [0, 0.05) is 18.7 Å². The number of fused-ring (bicyclic) bond motifs is 1. The Labute approximate surface area is 119 Å². The molecular formula is C13H21N3O3S. The van der Waals surface area contributed by atoms with E-state index in [1.165, 1.54) is 10.9 Å². The Kier molecular flexibility index (Phi) is 4.02. The topological polar surface area (TPSA) is 81.1 Å². The third kappa shape index (κ3) is 2.93. The van der Waals surface area contributed by atoms with Crippen LogP contribution in [0.3, 0.4) is 0 Å². The normalized spacial score (nSPS) is 15.9. The summed E-state index contributed by atoms with van der Waals surface area (Å²) in [6, 6.07) is 0. The summed E-state index contributed by atoms with van der Waals surface area (Å²) in [5, 5.41) is 3.16. The van der Waals surface area contributed by atoms with Gasteiger partial charge in [0.2, 0.25) is 0 Å². The molecule has 0 unspecified atom stereocenters. The molecule has 0 amide bonds. The smallest absolute Gasteiger partial charge is 0.256 e. The molecule has 0 fully saturated rings. The first kappa shape index (κ1) is 15.2. The van der Waals surface area contributed by atoms with Crippen LogP contribution < -0.4 is 10.9 Å². The molecule has 0 aromatic carbocycles. The lowest BCUT2D eigenvalue weighted by atomic mass is 10.1. The molecule has 112 valence electrons. The van der Waals surface area contributed by atoms with Gasteiger partial charge in [0.05, 0.1) is 22.5 Å². The molecule has 2 heterocycles. The molecule has 2 rings (SSSR count). The van der Waals surface area contributed by atoms with Crippen molar-refractivity contribution in [3.63, 3.8) is 0 Å². The molecular weight excluding hydrogens is 278 g/mol. The molecule has 0 spiro atoms. The van der Waals surface area contributed by atoms with Gasteiger partial charge >= 0.3 is 0 Å². The van der Waals surface area contributed by atoms with Crippen LogP contribution in [0.25, 0.3) is 0 Å². The van der Waals surface area contributed by atoms with Crippen molar-refractivity contribution in [1.82, 2.24) is 14.9 Å². The molecule has 20 heavy (non-hydrogen) atoms. The summed E-state index contributed by atoms with van der Waals surface area (Å²) >= 11 is 0. The molecule has 1 aromatic heterocycles. The lowest BCUT2D eigenvalue weighted by molar-refractivity contribution is 0.548. The monoisotopic (exact) mass is 299 g/mol. The molecule has 0 atom stereocenters. The Bertz CT molecular complexity index is 656. The highest BCUT2D eigenvalue weighted by Gasteiger charge is 2.28. The van der Waals surface area contributed by atoms with Crippen LogP contribution in [0, 0.1) is 0 Å². The van der Waals surface area contributed by atoms with Crippen LogP contribution in [0.5, 0.6) is 0 Å². The highest BCUT2D eigenvalue weighted by atomic mass is 32.2. The van der Waals surface area contributed by atoms with E-state index in [2.05, 4.69) is 10.3 Å². The fourth-order valence-corrected chi connectivity index (χ4v) is 3.12. The second kappa shape index (κ2) is 5.29. The van der Waals surface area contributed by atoms with Crippen molar-refractivity contribution in [1.29, 1.82) is 0 Å². The summed E-state index contributed by atoms with van der Waals surface area (Å²) in [6.45, 7) is 6.53. The van der Waals surface area contributed by atoms with Gasteiger partial charge in [-0.3, -0.25) is 9.36 Å². The average molecular weight is 299 g/mol. The number of hydrogen-bond acceptors (Lipinski definition) is 5. The van der Waals surface area contributed by atoms with E-state index in [1.807, 2.05) is 0 Å². The van der Waals surface area contributed by atoms with E-state index in [4.69, 9.17) is 0 Å². The van der Waals surface area contributed by atoms with E-state index in [1.54, 1.807) is 20.8 Å².